The van der Waals surface area contributed by atoms with Crippen LogP contribution in [0.5, 0.6) is 0 Å². The van der Waals surface area contributed by atoms with Crippen molar-refractivity contribution in [3.05, 3.63) is 71.5 Å². The van der Waals surface area contributed by atoms with Gasteiger partial charge in [0.1, 0.15) is 0 Å². The van der Waals surface area contributed by atoms with Crippen LogP contribution in [0.2, 0.25) is 0 Å². The van der Waals surface area contributed by atoms with E-state index < -0.39 is 0 Å². The standard InChI is InChI=1S/C20H24N2.C2H6/c1-7-19(16(5)12-14(2)3)22-20(13-17(6)21-22)18-10-8-15(4)9-11-18;1-2/h7-13H,2H2,1,3-6H3;1-2H3/b16-12-,19-7-;. The summed E-state index contributed by atoms with van der Waals surface area (Å²) in [4.78, 5) is 0. The minimum absolute atomic E-state index is 1.01. The lowest BCUT2D eigenvalue weighted by Crippen LogP contribution is -2.03. The molecule has 0 N–H and O–H groups in total. The van der Waals surface area contributed by atoms with E-state index in [1.165, 1.54) is 11.1 Å². The summed E-state index contributed by atoms with van der Waals surface area (Å²) in [5.74, 6) is 0. The minimum atomic E-state index is 1.01. The lowest BCUT2D eigenvalue weighted by molar-refractivity contribution is 0.885. The molecule has 0 aliphatic heterocycles. The number of aryl methyl sites for hydroxylation is 2. The quantitative estimate of drug-likeness (QED) is 0.582. The molecule has 0 aliphatic rings. The molecule has 2 aromatic rings. The highest BCUT2D eigenvalue weighted by atomic mass is 15.3. The van der Waals surface area contributed by atoms with Crippen LogP contribution >= 0.6 is 0 Å². The Balaban J connectivity index is 0.00000139. The van der Waals surface area contributed by atoms with Gasteiger partial charge in [-0.1, -0.05) is 68.0 Å². The van der Waals surface area contributed by atoms with Gasteiger partial charge in [-0.2, -0.15) is 5.10 Å². The van der Waals surface area contributed by atoms with Crippen LogP contribution in [0.3, 0.4) is 0 Å². The van der Waals surface area contributed by atoms with Gasteiger partial charge in [0.05, 0.1) is 17.1 Å². The maximum absolute atomic E-state index is 4.69. The molecule has 1 aromatic heterocycles. The number of rotatable bonds is 4. The Hall–Kier alpha value is -2.35. The van der Waals surface area contributed by atoms with Gasteiger partial charge in [-0.25, -0.2) is 4.68 Å². The molecule has 0 fully saturated rings. The van der Waals surface area contributed by atoms with Gasteiger partial charge >= 0.3 is 0 Å². The molecule has 1 aromatic carbocycles. The first kappa shape index (κ1) is 19.7. The van der Waals surface area contributed by atoms with Crippen molar-refractivity contribution in [3.63, 3.8) is 0 Å². The molecule has 0 amide bonds. The van der Waals surface area contributed by atoms with Crippen molar-refractivity contribution in [1.29, 1.82) is 0 Å². The van der Waals surface area contributed by atoms with E-state index in [1.807, 2.05) is 39.3 Å². The average Bonchev–Trinajstić information content (AvgIpc) is 2.91. The van der Waals surface area contributed by atoms with Crippen molar-refractivity contribution >= 4 is 5.70 Å². The highest BCUT2D eigenvalue weighted by Gasteiger charge is 2.12. The molecule has 0 unspecified atom stereocenters. The molecule has 0 radical (unpaired) electrons. The zero-order chi connectivity index (χ0) is 18.3. The monoisotopic (exact) mass is 322 g/mol. The van der Waals surface area contributed by atoms with Crippen molar-refractivity contribution in [2.75, 3.05) is 0 Å². The zero-order valence-corrected chi connectivity index (χ0v) is 16.1. The Morgan fingerprint density at radius 2 is 1.67 bits per heavy atom. The van der Waals surface area contributed by atoms with Crippen molar-refractivity contribution < 1.29 is 0 Å². The van der Waals surface area contributed by atoms with Gasteiger partial charge in [0.2, 0.25) is 0 Å². The maximum atomic E-state index is 4.69. The van der Waals surface area contributed by atoms with Crippen LogP contribution in [0, 0.1) is 13.8 Å². The van der Waals surface area contributed by atoms with Crippen molar-refractivity contribution in [3.8, 4) is 11.3 Å². The van der Waals surface area contributed by atoms with Crippen LogP contribution in [-0.2, 0) is 0 Å². The Morgan fingerprint density at radius 3 is 2.17 bits per heavy atom. The molecule has 0 spiro atoms. The molecule has 2 nitrogen and oxygen atoms in total. The number of hydrogen-bond donors (Lipinski definition) is 0. The zero-order valence-electron chi connectivity index (χ0n) is 16.1. The molecular formula is C22H30N2. The smallest absolute Gasteiger partial charge is 0.0743 e. The number of aromatic nitrogens is 2. The lowest BCUT2D eigenvalue weighted by atomic mass is 10.1. The highest BCUT2D eigenvalue weighted by molar-refractivity contribution is 5.72. The maximum Gasteiger partial charge on any atom is 0.0743 e. The molecule has 2 rings (SSSR count). The van der Waals surface area contributed by atoms with E-state index in [0.29, 0.717) is 0 Å². The summed E-state index contributed by atoms with van der Waals surface area (Å²) in [5, 5.41) is 4.69. The molecule has 128 valence electrons. The largest absolute Gasteiger partial charge is 0.233 e. The minimum Gasteiger partial charge on any atom is -0.233 e. The van der Waals surface area contributed by atoms with Gasteiger partial charge in [0, 0.05) is 5.56 Å². The van der Waals surface area contributed by atoms with Crippen LogP contribution in [-0.4, -0.2) is 9.78 Å². The molecule has 0 saturated carbocycles. The Bertz CT molecular complexity index is 741. The van der Waals surface area contributed by atoms with Crippen LogP contribution in [0.4, 0.5) is 0 Å². The molecule has 0 saturated heterocycles. The summed E-state index contributed by atoms with van der Waals surface area (Å²) in [6.07, 6.45) is 4.18. The number of nitrogens with zero attached hydrogens (tertiary/aromatic N) is 2. The predicted molar refractivity (Wildman–Crippen MR) is 107 cm³/mol. The average molecular weight is 322 g/mol. The van der Waals surface area contributed by atoms with Gasteiger partial charge in [0.25, 0.3) is 0 Å². The summed E-state index contributed by atoms with van der Waals surface area (Å²) >= 11 is 0. The van der Waals surface area contributed by atoms with Gasteiger partial charge < -0.3 is 0 Å². The molecule has 0 aliphatic carbocycles. The van der Waals surface area contributed by atoms with Gasteiger partial charge in [-0.3, -0.25) is 0 Å². The first-order valence-electron chi connectivity index (χ1n) is 8.57. The summed E-state index contributed by atoms with van der Waals surface area (Å²) in [5.41, 5.74) is 7.85. The molecular weight excluding hydrogens is 292 g/mol. The molecule has 24 heavy (non-hydrogen) atoms. The van der Waals surface area contributed by atoms with E-state index >= 15 is 0 Å². The van der Waals surface area contributed by atoms with Crippen LogP contribution in [0.25, 0.3) is 17.0 Å². The van der Waals surface area contributed by atoms with Gasteiger partial charge in [0.15, 0.2) is 0 Å². The summed E-state index contributed by atoms with van der Waals surface area (Å²) in [6.45, 7) is 18.2. The second kappa shape index (κ2) is 9.07. The lowest BCUT2D eigenvalue weighted by Gasteiger charge is -2.13. The SMILES string of the molecule is C=C(C)/C=C(C)\C(=C\C)n1nc(C)cc1-c1ccc(C)cc1.CC. The molecule has 0 atom stereocenters. The Morgan fingerprint density at radius 1 is 1.08 bits per heavy atom. The van der Waals surface area contributed by atoms with Crippen molar-refractivity contribution in [2.24, 2.45) is 0 Å². The van der Waals surface area contributed by atoms with E-state index in [9.17, 15) is 0 Å². The van der Waals surface area contributed by atoms with E-state index in [4.69, 9.17) is 0 Å². The van der Waals surface area contributed by atoms with E-state index in [0.717, 1.165) is 28.2 Å². The fourth-order valence-electron chi connectivity index (χ4n) is 2.57. The van der Waals surface area contributed by atoms with E-state index in [2.05, 4.69) is 68.0 Å². The number of benzene rings is 1. The van der Waals surface area contributed by atoms with Gasteiger partial charge in [-0.05, 0) is 46.3 Å². The van der Waals surface area contributed by atoms with Crippen molar-refractivity contribution in [2.45, 2.75) is 48.5 Å². The second-order valence-corrected chi connectivity index (χ2v) is 5.80. The third-order valence-corrected chi connectivity index (χ3v) is 3.55. The Kier molecular flexibility index (Phi) is 7.44. The topological polar surface area (TPSA) is 17.8 Å². The van der Waals surface area contributed by atoms with E-state index in [-0.39, 0.29) is 0 Å². The highest BCUT2D eigenvalue weighted by Crippen LogP contribution is 2.27. The fourth-order valence-corrected chi connectivity index (χ4v) is 2.57. The van der Waals surface area contributed by atoms with Crippen molar-refractivity contribution in [1.82, 2.24) is 9.78 Å². The van der Waals surface area contributed by atoms with Crippen LogP contribution in [0.1, 0.15) is 45.9 Å². The third kappa shape index (κ3) is 4.82. The molecule has 2 heteroatoms. The third-order valence-electron chi connectivity index (χ3n) is 3.55. The van der Waals surface area contributed by atoms with Crippen LogP contribution in [0.15, 0.2) is 60.2 Å². The summed E-state index contributed by atoms with van der Waals surface area (Å²) < 4.78 is 2.02. The first-order chi connectivity index (χ1) is 11.4. The fraction of sp³-hybridized carbons (Fsp3) is 0.318. The number of hydrogen-bond acceptors (Lipinski definition) is 1. The van der Waals surface area contributed by atoms with Gasteiger partial charge in [-0.15, -0.1) is 0 Å². The number of allylic oxidation sites excluding steroid dienone is 5. The molecule has 1 heterocycles. The normalized spacial score (nSPS) is 11.8. The predicted octanol–water partition coefficient (Wildman–Crippen LogP) is 6.58. The van der Waals surface area contributed by atoms with Crippen LogP contribution < -0.4 is 0 Å². The first-order valence-corrected chi connectivity index (χ1v) is 8.57. The second-order valence-electron chi connectivity index (χ2n) is 5.80. The Labute approximate surface area is 147 Å². The summed E-state index contributed by atoms with van der Waals surface area (Å²) in [7, 11) is 0. The van der Waals surface area contributed by atoms with E-state index in [1.54, 1.807) is 0 Å². The summed E-state index contributed by atoms with van der Waals surface area (Å²) in [6, 6.07) is 10.7. The molecule has 0 bridgehead atoms.